The van der Waals surface area contributed by atoms with Crippen molar-refractivity contribution in [1.29, 1.82) is 0 Å². The SMILES string of the molecule is O=C(O)c1cccc(CN2CCNCCN(Cc3cccc([C-](O)O)n3)CC2)n1.[Tb+4]. The molecular formula is C20H26N5O4Tb+3. The van der Waals surface area contributed by atoms with Crippen molar-refractivity contribution in [2.75, 3.05) is 39.3 Å². The van der Waals surface area contributed by atoms with Gasteiger partial charge < -0.3 is 20.6 Å². The zero-order chi connectivity index (χ0) is 20.6. The Kier molecular flexibility index (Phi) is 10.5. The Morgan fingerprint density at radius 3 is 2.07 bits per heavy atom. The Bertz CT molecular complexity index is 823. The molecule has 30 heavy (non-hydrogen) atoms. The number of aliphatic hydroxyl groups excluding tert-OH is 1. The van der Waals surface area contributed by atoms with Gasteiger partial charge in [-0.2, -0.15) is 6.07 Å². The number of nitrogens with zero attached hydrogens (tertiary/aromatic N) is 4. The molecule has 1 fully saturated rings. The van der Waals surface area contributed by atoms with Crippen LogP contribution < -0.4 is 5.32 Å². The standard InChI is InChI=1S/C20H26N5O4.Tb/c26-19(27)17-5-1-3-15(22-17)13-24-9-7-21-8-10-25(12-11-24)14-16-4-2-6-18(23-16)20(28)29;/h1-6,21,26-27H,7-14H2,(H,28,29);/q-1;+4. The van der Waals surface area contributed by atoms with Gasteiger partial charge in [-0.05, 0) is 17.8 Å². The maximum absolute atomic E-state index is 11.1. The van der Waals surface area contributed by atoms with Gasteiger partial charge in [0, 0.05) is 58.6 Å². The molecule has 3 heterocycles. The van der Waals surface area contributed by atoms with Crippen LogP contribution in [0.5, 0.6) is 0 Å². The van der Waals surface area contributed by atoms with Crippen molar-refractivity contribution in [2.45, 2.75) is 13.1 Å². The molecule has 1 radical (unpaired) electrons. The first-order chi connectivity index (χ1) is 14.0. The van der Waals surface area contributed by atoms with Crippen molar-refractivity contribution in [1.82, 2.24) is 25.1 Å². The largest absolute Gasteiger partial charge is 4.00 e. The zero-order valence-electron chi connectivity index (χ0n) is 16.5. The summed E-state index contributed by atoms with van der Waals surface area (Å²) in [5, 5.41) is 31.0. The quantitative estimate of drug-likeness (QED) is 0.379. The minimum absolute atomic E-state index is 0. The van der Waals surface area contributed by atoms with E-state index >= 15 is 0 Å². The number of pyridine rings is 2. The van der Waals surface area contributed by atoms with Gasteiger partial charge in [-0.15, -0.1) is 6.07 Å². The number of aromatic nitrogens is 2. The third-order valence-corrected chi connectivity index (χ3v) is 4.78. The minimum atomic E-state index is -1.02. The third kappa shape index (κ3) is 7.77. The number of nitrogens with one attached hydrogen (secondary N) is 1. The van der Waals surface area contributed by atoms with Crippen molar-refractivity contribution >= 4 is 5.97 Å². The summed E-state index contributed by atoms with van der Waals surface area (Å²) in [5.41, 5.74) is 1.72. The van der Waals surface area contributed by atoms with E-state index in [9.17, 15) is 15.0 Å². The van der Waals surface area contributed by atoms with Crippen molar-refractivity contribution in [3.05, 3.63) is 65.5 Å². The summed E-state index contributed by atoms with van der Waals surface area (Å²) in [6.45, 7) is 6.17. The Morgan fingerprint density at radius 2 is 1.50 bits per heavy atom. The number of carboxylic acids is 1. The normalized spacial score (nSPS) is 16.1. The van der Waals surface area contributed by atoms with Crippen molar-refractivity contribution in [2.24, 2.45) is 0 Å². The molecule has 0 aromatic carbocycles. The molecule has 0 atom stereocenters. The van der Waals surface area contributed by atoms with Crippen LogP contribution in [0, 0.1) is 44.9 Å². The van der Waals surface area contributed by atoms with E-state index in [0.29, 0.717) is 13.1 Å². The second-order valence-corrected chi connectivity index (χ2v) is 6.96. The Labute approximate surface area is 206 Å². The summed E-state index contributed by atoms with van der Waals surface area (Å²) in [7, 11) is 0. The first-order valence-electron chi connectivity index (χ1n) is 9.57. The van der Waals surface area contributed by atoms with Crippen LogP contribution in [0.25, 0.3) is 0 Å². The van der Waals surface area contributed by atoms with Crippen LogP contribution in [0.2, 0.25) is 0 Å². The van der Waals surface area contributed by atoms with Crippen LogP contribution >= 0.6 is 0 Å². The smallest absolute Gasteiger partial charge is 0.477 e. The average molecular weight is 559 g/mol. The van der Waals surface area contributed by atoms with E-state index in [1.54, 1.807) is 18.2 Å². The molecule has 161 valence electrons. The zero-order valence-corrected chi connectivity index (χ0v) is 18.6. The molecule has 0 amide bonds. The molecule has 0 aliphatic carbocycles. The maximum atomic E-state index is 11.1. The van der Waals surface area contributed by atoms with Gasteiger partial charge in [0.05, 0.1) is 11.4 Å². The second-order valence-electron chi connectivity index (χ2n) is 6.96. The predicted octanol–water partition coefficient (Wildman–Crippen LogP) is 0.665. The van der Waals surface area contributed by atoms with Crippen LogP contribution in [0.4, 0.5) is 0 Å². The van der Waals surface area contributed by atoms with Crippen LogP contribution in [-0.2, 0) is 13.1 Å². The summed E-state index contributed by atoms with van der Waals surface area (Å²) >= 11 is 0. The predicted molar refractivity (Wildman–Crippen MR) is 105 cm³/mol. The maximum Gasteiger partial charge on any atom is 4.00 e. The summed E-state index contributed by atoms with van der Waals surface area (Å²) in [4.78, 5) is 24.1. The molecule has 1 aliphatic heterocycles. The molecule has 0 unspecified atom stereocenters. The third-order valence-electron chi connectivity index (χ3n) is 4.78. The van der Waals surface area contributed by atoms with Gasteiger partial charge in [0.2, 0.25) is 0 Å². The molecule has 1 saturated heterocycles. The number of hydrogen-bond donors (Lipinski definition) is 4. The number of carbonyl (C=O) groups is 1. The fraction of sp³-hybridized carbons (Fsp3) is 0.400. The van der Waals surface area contributed by atoms with Gasteiger partial charge in [-0.25, -0.2) is 9.78 Å². The van der Waals surface area contributed by atoms with Crippen LogP contribution in [-0.4, -0.2) is 80.3 Å². The van der Waals surface area contributed by atoms with Crippen molar-refractivity contribution in [3.63, 3.8) is 0 Å². The fourth-order valence-corrected chi connectivity index (χ4v) is 3.26. The second kappa shape index (κ2) is 12.5. The Balaban J connectivity index is 0.00000320. The molecule has 4 N–H and O–H groups in total. The van der Waals surface area contributed by atoms with Crippen molar-refractivity contribution in [3.8, 4) is 0 Å². The van der Waals surface area contributed by atoms with Gasteiger partial charge >= 0.3 is 44.6 Å². The minimum Gasteiger partial charge on any atom is -0.477 e. The van der Waals surface area contributed by atoms with E-state index in [1.165, 1.54) is 6.07 Å². The molecule has 1 aliphatic rings. The molecule has 3 rings (SSSR count). The van der Waals surface area contributed by atoms with Gasteiger partial charge in [0.1, 0.15) is 5.69 Å². The molecule has 0 saturated carbocycles. The van der Waals surface area contributed by atoms with Crippen LogP contribution in [0.15, 0.2) is 36.4 Å². The van der Waals surface area contributed by atoms with E-state index in [1.807, 2.05) is 12.1 Å². The van der Waals surface area contributed by atoms with E-state index in [2.05, 4.69) is 25.1 Å². The number of carboxylic acid groups (broad SMARTS) is 1. The summed E-state index contributed by atoms with van der Waals surface area (Å²) in [5.74, 6) is -1.02. The number of aliphatic hydroxyl groups is 2. The first-order valence-corrected chi connectivity index (χ1v) is 9.57. The molecule has 2 aromatic heterocycles. The fourth-order valence-electron chi connectivity index (χ4n) is 3.26. The molecular weight excluding hydrogens is 533 g/mol. The molecule has 0 spiro atoms. The van der Waals surface area contributed by atoms with E-state index in [4.69, 9.17) is 5.11 Å². The van der Waals surface area contributed by atoms with E-state index in [-0.39, 0.29) is 50.0 Å². The number of hydrogen-bond acceptors (Lipinski definition) is 8. The van der Waals surface area contributed by atoms with Gasteiger partial charge in [-0.3, -0.25) is 14.8 Å². The van der Waals surface area contributed by atoms with E-state index < -0.39 is 12.3 Å². The van der Waals surface area contributed by atoms with Crippen LogP contribution in [0.3, 0.4) is 0 Å². The van der Waals surface area contributed by atoms with Gasteiger partial charge in [-0.1, -0.05) is 12.1 Å². The number of aromatic carboxylic acids is 1. The topological polar surface area (TPSA) is 122 Å². The number of rotatable bonds is 6. The average Bonchev–Trinajstić information content (AvgIpc) is 2.81. The van der Waals surface area contributed by atoms with Gasteiger partial charge in [0.25, 0.3) is 0 Å². The van der Waals surface area contributed by atoms with Crippen LogP contribution in [0.1, 0.15) is 27.6 Å². The Morgan fingerprint density at radius 1 is 0.933 bits per heavy atom. The molecule has 0 bridgehead atoms. The molecule has 10 heteroatoms. The van der Waals surface area contributed by atoms with E-state index in [0.717, 1.165) is 50.7 Å². The monoisotopic (exact) mass is 559 g/mol. The Hall–Kier alpha value is -1.27. The summed E-state index contributed by atoms with van der Waals surface area (Å²) < 4.78 is 0. The summed E-state index contributed by atoms with van der Waals surface area (Å²) in [6.07, 6.45) is -0.778. The van der Waals surface area contributed by atoms with Gasteiger partial charge in [0.15, 0.2) is 0 Å². The first kappa shape index (κ1) is 25.0. The molecule has 2 aromatic rings. The van der Waals surface area contributed by atoms with Crippen molar-refractivity contribution < 1.29 is 58.7 Å². The molecule has 9 nitrogen and oxygen atoms in total. The summed E-state index contributed by atoms with van der Waals surface area (Å²) in [6, 6.07) is 10.2.